The maximum Gasteiger partial charge on any atom is 0.337 e. The molecule has 4 heteroatoms. The Labute approximate surface area is 114 Å². The maximum atomic E-state index is 11.4. The molecule has 0 radical (unpaired) electrons. The van der Waals surface area contributed by atoms with Crippen LogP contribution in [0.5, 0.6) is 0 Å². The van der Waals surface area contributed by atoms with Gasteiger partial charge in [0.05, 0.1) is 18.8 Å². The summed E-state index contributed by atoms with van der Waals surface area (Å²) in [4.78, 5) is 11.4. The molecule has 2 unspecified atom stereocenters. The Hall–Kier alpha value is -1.39. The average molecular weight is 266 g/mol. The van der Waals surface area contributed by atoms with E-state index in [1.807, 2.05) is 0 Å². The largest absolute Gasteiger partial charge is 0.465 e. The summed E-state index contributed by atoms with van der Waals surface area (Å²) in [5, 5.41) is 20.0. The highest BCUT2D eigenvalue weighted by Crippen LogP contribution is 2.22. The highest BCUT2D eigenvalue weighted by molar-refractivity contribution is 5.89. The van der Waals surface area contributed by atoms with E-state index in [1.165, 1.54) is 7.11 Å². The first-order chi connectivity index (χ1) is 9.10. The fourth-order valence-corrected chi connectivity index (χ4v) is 1.95. The van der Waals surface area contributed by atoms with Gasteiger partial charge in [0.15, 0.2) is 0 Å². The molecule has 0 heterocycles. The number of rotatable bonds is 7. The summed E-state index contributed by atoms with van der Waals surface area (Å²) in [5.41, 5.74) is 0.909. The molecule has 2 N–H and O–H groups in total. The van der Waals surface area contributed by atoms with E-state index in [0.29, 0.717) is 17.5 Å². The van der Waals surface area contributed by atoms with Crippen LogP contribution in [-0.4, -0.2) is 29.4 Å². The zero-order valence-electron chi connectivity index (χ0n) is 11.5. The van der Waals surface area contributed by atoms with Crippen molar-refractivity contribution in [1.29, 1.82) is 0 Å². The number of aliphatic hydroxyl groups is 2. The minimum atomic E-state index is -0.971. The number of esters is 1. The second-order valence-electron chi connectivity index (χ2n) is 4.63. The number of aliphatic hydroxyl groups excluding tert-OH is 2. The summed E-state index contributed by atoms with van der Waals surface area (Å²) in [7, 11) is 1.31. The van der Waals surface area contributed by atoms with Crippen LogP contribution >= 0.6 is 0 Å². The van der Waals surface area contributed by atoms with Gasteiger partial charge in [-0.2, -0.15) is 0 Å². The molecule has 0 saturated carbocycles. The van der Waals surface area contributed by atoms with Crippen LogP contribution in [0.25, 0.3) is 0 Å². The topological polar surface area (TPSA) is 66.8 Å². The lowest BCUT2D eigenvalue weighted by Gasteiger charge is -2.18. The molecule has 0 aliphatic carbocycles. The van der Waals surface area contributed by atoms with Crippen molar-refractivity contribution in [2.24, 2.45) is 0 Å². The SMILES string of the molecule is CCCCCC(O)C(O)c1cccc(C(=O)OC)c1. The molecule has 0 aliphatic rings. The first-order valence-electron chi connectivity index (χ1n) is 6.64. The van der Waals surface area contributed by atoms with Crippen LogP contribution < -0.4 is 0 Å². The van der Waals surface area contributed by atoms with E-state index < -0.39 is 18.2 Å². The molecule has 0 aliphatic heterocycles. The number of ether oxygens (including phenoxy) is 1. The predicted octanol–water partition coefficient (Wildman–Crippen LogP) is 2.45. The average Bonchev–Trinajstić information content (AvgIpc) is 2.45. The maximum absolute atomic E-state index is 11.4. The lowest BCUT2D eigenvalue weighted by molar-refractivity contribution is 0.0119. The van der Waals surface area contributed by atoms with Gasteiger partial charge in [0.2, 0.25) is 0 Å². The van der Waals surface area contributed by atoms with Gasteiger partial charge >= 0.3 is 5.97 Å². The van der Waals surface area contributed by atoms with Crippen LogP contribution in [-0.2, 0) is 4.74 Å². The molecule has 106 valence electrons. The summed E-state index contributed by atoms with van der Waals surface area (Å²) < 4.78 is 4.63. The molecular formula is C15H22O4. The number of carbonyl (C=O) groups is 1. The smallest absolute Gasteiger partial charge is 0.337 e. The van der Waals surface area contributed by atoms with Crippen LogP contribution in [0.3, 0.4) is 0 Å². The van der Waals surface area contributed by atoms with Crippen molar-refractivity contribution in [3.63, 3.8) is 0 Å². The Morgan fingerprint density at radius 2 is 2.05 bits per heavy atom. The van der Waals surface area contributed by atoms with Crippen molar-refractivity contribution in [1.82, 2.24) is 0 Å². The van der Waals surface area contributed by atoms with Crippen LogP contribution in [0.1, 0.15) is 54.6 Å². The number of carbonyl (C=O) groups excluding carboxylic acids is 1. The van der Waals surface area contributed by atoms with Gasteiger partial charge in [0, 0.05) is 0 Å². The van der Waals surface area contributed by atoms with Gasteiger partial charge in [-0.3, -0.25) is 0 Å². The molecule has 0 fully saturated rings. The van der Waals surface area contributed by atoms with Crippen molar-refractivity contribution in [2.45, 2.75) is 44.8 Å². The molecule has 1 rings (SSSR count). The second kappa shape index (κ2) is 7.92. The minimum absolute atomic E-state index is 0.375. The van der Waals surface area contributed by atoms with E-state index in [2.05, 4.69) is 11.7 Å². The second-order valence-corrected chi connectivity index (χ2v) is 4.63. The van der Waals surface area contributed by atoms with Crippen molar-refractivity contribution in [3.05, 3.63) is 35.4 Å². The number of unbranched alkanes of at least 4 members (excludes halogenated alkanes) is 2. The van der Waals surface area contributed by atoms with Crippen molar-refractivity contribution in [2.75, 3.05) is 7.11 Å². The van der Waals surface area contributed by atoms with Gasteiger partial charge in [-0.05, 0) is 24.1 Å². The van der Waals surface area contributed by atoms with E-state index in [9.17, 15) is 15.0 Å². The third-order valence-corrected chi connectivity index (χ3v) is 3.12. The molecule has 1 aromatic rings. The molecule has 0 amide bonds. The summed E-state index contributed by atoms with van der Waals surface area (Å²) in [6, 6.07) is 6.54. The summed E-state index contributed by atoms with van der Waals surface area (Å²) in [5.74, 6) is -0.450. The van der Waals surface area contributed by atoms with Crippen LogP contribution in [0.4, 0.5) is 0 Å². The monoisotopic (exact) mass is 266 g/mol. The van der Waals surface area contributed by atoms with Gasteiger partial charge in [0.25, 0.3) is 0 Å². The summed E-state index contributed by atoms with van der Waals surface area (Å²) >= 11 is 0. The minimum Gasteiger partial charge on any atom is -0.465 e. The molecule has 4 nitrogen and oxygen atoms in total. The lowest BCUT2D eigenvalue weighted by Crippen LogP contribution is -2.18. The number of methoxy groups -OCH3 is 1. The van der Waals surface area contributed by atoms with Gasteiger partial charge in [-0.25, -0.2) is 4.79 Å². The number of hydrogen-bond donors (Lipinski definition) is 2. The molecule has 0 saturated heterocycles. The first kappa shape index (κ1) is 15.7. The Morgan fingerprint density at radius 3 is 2.68 bits per heavy atom. The Morgan fingerprint density at radius 1 is 1.32 bits per heavy atom. The molecule has 0 aromatic heterocycles. The van der Waals surface area contributed by atoms with Crippen molar-refractivity contribution < 1.29 is 19.7 Å². The van der Waals surface area contributed by atoms with Gasteiger partial charge in [-0.15, -0.1) is 0 Å². The number of benzene rings is 1. The van der Waals surface area contributed by atoms with E-state index in [-0.39, 0.29) is 0 Å². The lowest BCUT2D eigenvalue weighted by atomic mass is 9.98. The normalized spacial score (nSPS) is 13.9. The van der Waals surface area contributed by atoms with Crippen LogP contribution in [0.15, 0.2) is 24.3 Å². The highest BCUT2D eigenvalue weighted by Gasteiger charge is 2.19. The highest BCUT2D eigenvalue weighted by atomic mass is 16.5. The molecule has 2 atom stereocenters. The van der Waals surface area contributed by atoms with Gasteiger partial charge in [-0.1, -0.05) is 38.3 Å². The molecule has 0 spiro atoms. The standard InChI is InChI=1S/C15H22O4/c1-3-4-5-9-13(16)14(17)11-7-6-8-12(10-11)15(18)19-2/h6-8,10,13-14,16-17H,3-5,9H2,1-2H3. The first-order valence-corrected chi connectivity index (χ1v) is 6.64. The summed E-state index contributed by atoms with van der Waals surface area (Å²) in [6.07, 6.45) is 1.76. The fraction of sp³-hybridized carbons (Fsp3) is 0.533. The van der Waals surface area contributed by atoms with Gasteiger partial charge in [0.1, 0.15) is 6.10 Å². The Kier molecular flexibility index (Phi) is 6.53. The Balaban J connectivity index is 2.70. The zero-order valence-corrected chi connectivity index (χ0v) is 11.5. The van der Waals surface area contributed by atoms with Gasteiger partial charge < -0.3 is 14.9 Å². The van der Waals surface area contributed by atoms with Crippen molar-refractivity contribution >= 4 is 5.97 Å². The predicted molar refractivity (Wildman–Crippen MR) is 72.9 cm³/mol. The third kappa shape index (κ3) is 4.65. The molecule has 19 heavy (non-hydrogen) atoms. The Bertz CT molecular complexity index is 403. The molecule has 0 bridgehead atoms. The van der Waals surface area contributed by atoms with Crippen molar-refractivity contribution in [3.8, 4) is 0 Å². The summed E-state index contributed by atoms with van der Waals surface area (Å²) in [6.45, 7) is 2.09. The fourth-order valence-electron chi connectivity index (χ4n) is 1.95. The van der Waals surface area contributed by atoms with Crippen LogP contribution in [0, 0.1) is 0 Å². The van der Waals surface area contributed by atoms with Crippen LogP contribution in [0.2, 0.25) is 0 Å². The van der Waals surface area contributed by atoms with E-state index in [4.69, 9.17) is 0 Å². The van der Waals surface area contributed by atoms with E-state index >= 15 is 0 Å². The quantitative estimate of drug-likeness (QED) is 0.587. The zero-order chi connectivity index (χ0) is 14.3. The molecule has 1 aromatic carbocycles. The van der Waals surface area contributed by atoms with E-state index in [0.717, 1.165) is 19.3 Å². The molecular weight excluding hydrogens is 244 g/mol. The van der Waals surface area contributed by atoms with E-state index in [1.54, 1.807) is 24.3 Å². The third-order valence-electron chi connectivity index (χ3n) is 3.12. The number of hydrogen-bond acceptors (Lipinski definition) is 4.